The molecule has 3 rings (SSSR count). The number of ether oxygens (including phenoxy) is 1. The molecule has 0 radical (unpaired) electrons. The van der Waals surface area contributed by atoms with Gasteiger partial charge in [-0.25, -0.2) is 0 Å². The molecule has 0 bridgehead atoms. The summed E-state index contributed by atoms with van der Waals surface area (Å²) in [5.41, 5.74) is 1.02. The van der Waals surface area contributed by atoms with Crippen molar-refractivity contribution < 1.29 is 30.0 Å². The predicted octanol–water partition coefficient (Wildman–Crippen LogP) is -1.05. The molecule has 25 heavy (non-hydrogen) atoms. The van der Waals surface area contributed by atoms with Gasteiger partial charge in [-0.05, 0) is 17.5 Å². The lowest BCUT2D eigenvalue weighted by Gasteiger charge is -2.40. The maximum absolute atomic E-state index is 12.1. The van der Waals surface area contributed by atoms with Gasteiger partial charge in [-0.2, -0.15) is 0 Å². The van der Waals surface area contributed by atoms with Gasteiger partial charge in [0.1, 0.15) is 24.4 Å². The minimum atomic E-state index is -1.51. The molecule has 1 aromatic carbocycles. The molecule has 8 nitrogen and oxygen atoms in total. The van der Waals surface area contributed by atoms with Gasteiger partial charge in [0.15, 0.2) is 6.23 Å². The summed E-state index contributed by atoms with van der Waals surface area (Å²) in [5, 5.41) is 42.1. The minimum absolute atomic E-state index is 0.147. The fourth-order valence-electron chi connectivity index (χ4n) is 3.01. The maximum Gasteiger partial charge on any atom is 0.223 e. The van der Waals surface area contributed by atoms with E-state index in [1.165, 1.54) is 0 Å². The number of hydrogen-bond donors (Lipinski definition) is 5. The lowest BCUT2D eigenvalue weighted by Crippen LogP contribution is -2.63. The van der Waals surface area contributed by atoms with Gasteiger partial charge in [-0.3, -0.25) is 4.79 Å². The van der Waals surface area contributed by atoms with Crippen molar-refractivity contribution in [1.82, 2.24) is 9.88 Å². The number of para-hydroxylation sites is 1. The molecular formula is C17H22N2O6. The summed E-state index contributed by atoms with van der Waals surface area (Å²) >= 11 is 0. The third kappa shape index (κ3) is 3.68. The van der Waals surface area contributed by atoms with E-state index in [4.69, 9.17) is 9.84 Å². The van der Waals surface area contributed by atoms with Gasteiger partial charge in [-0.1, -0.05) is 18.2 Å². The summed E-state index contributed by atoms with van der Waals surface area (Å²) in [6.07, 6.45) is -4.63. The SMILES string of the molecule is O=C(CCn1ccc2ccccc21)N[C@@H]1O[C@H](CO)[C@H](O)[C@H](O)[C@H]1O. The van der Waals surface area contributed by atoms with E-state index in [1.807, 2.05) is 41.1 Å². The lowest BCUT2D eigenvalue weighted by atomic mass is 9.98. The molecule has 1 aromatic heterocycles. The Morgan fingerprint density at radius 1 is 1.12 bits per heavy atom. The molecule has 136 valence electrons. The smallest absolute Gasteiger partial charge is 0.223 e. The number of fused-ring (bicyclic) bond motifs is 1. The third-order valence-electron chi connectivity index (χ3n) is 4.46. The first-order valence-corrected chi connectivity index (χ1v) is 8.15. The van der Waals surface area contributed by atoms with Crippen molar-refractivity contribution in [3.05, 3.63) is 36.5 Å². The largest absolute Gasteiger partial charge is 0.394 e. The Kier molecular flexibility index (Phi) is 5.36. The predicted molar refractivity (Wildman–Crippen MR) is 88.5 cm³/mol. The van der Waals surface area contributed by atoms with Crippen LogP contribution in [0.3, 0.4) is 0 Å². The van der Waals surface area contributed by atoms with E-state index in [-0.39, 0.29) is 12.3 Å². The fourth-order valence-corrected chi connectivity index (χ4v) is 3.01. The quantitative estimate of drug-likeness (QED) is 0.469. The second-order valence-corrected chi connectivity index (χ2v) is 6.13. The van der Waals surface area contributed by atoms with Crippen molar-refractivity contribution in [3.8, 4) is 0 Å². The van der Waals surface area contributed by atoms with Crippen LogP contribution >= 0.6 is 0 Å². The molecule has 0 spiro atoms. The van der Waals surface area contributed by atoms with Crippen molar-refractivity contribution in [2.75, 3.05) is 6.61 Å². The standard InChI is InChI=1S/C17H22N2O6/c20-9-12-14(22)15(23)16(24)17(25-12)18-13(21)6-8-19-7-5-10-3-1-2-4-11(10)19/h1-5,7,12,14-17,20,22-24H,6,8-9H2,(H,18,21)/t12-,14+,15+,16-,17-/m1/s1. The molecule has 0 unspecified atom stereocenters. The lowest BCUT2D eigenvalue weighted by molar-refractivity contribution is -0.236. The summed E-state index contributed by atoms with van der Waals surface area (Å²) in [4.78, 5) is 12.1. The Hall–Kier alpha value is -1.97. The van der Waals surface area contributed by atoms with Gasteiger partial charge < -0.3 is 35.0 Å². The van der Waals surface area contributed by atoms with E-state index in [1.54, 1.807) is 0 Å². The molecule has 0 saturated carbocycles. The Balaban J connectivity index is 1.58. The van der Waals surface area contributed by atoms with Gasteiger partial charge in [0.2, 0.25) is 5.91 Å². The van der Waals surface area contributed by atoms with Crippen LogP contribution in [-0.4, -0.2) is 68.2 Å². The molecule has 2 aromatic rings. The zero-order chi connectivity index (χ0) is 18.0. The number of rotatable bonds is 5. The van der Waals surface area contributed by atoms with Gasteiger partial charge in [0, 0.05) is 24.7 Å². The first kappa shape index (κ1) is 17.8. The van der Waals surface area contributed by atoms with E-state index in [9.17, 15) is 20.1 Å². The number of aryl methyl sites for hydroxylation is 1. The highest BCUT2D eigenvalue weighted by Gasteiger charge is 2.43. The van der Waals surface area contributed by atoms with Crippen LogP contribution in [0.4, 0.5) is 0 Å². The van der Waals surface area contributed by atoms with Crippen LogP contribution in [0.2, 0.25) is 0 Å². The van der Waals surface area contributed by atoms with Crippen LogP contribution in [0.15, 0.2) is 36.5 Å². The first-order valence-electron chi connectivity index (χ1n) is 8.15. The van der Waals surface area contributed by atoms with Crippen LogP contribution in [-0.2, 0) is 16.1 Å². The number of aliphatic hydroxyl groups excluding tert-OH is 4. The van der Waals surface area contributed by atoms with Crippen LogP contribution in [0.25, 0.3) is 10.9 Å². The van der Waals surface area contributed by atoms with Crippen molar-refractivity contribution in [2.24, 2.45) is 0 Å². The zero-order valence-electron chi connectivity index (χ0n) is 13.5. The van der Waals surface area contributed by atoms with E-state index in [0.29, 0.717) is 6.54 Å². The third-order valence-corrected chi connectivity index (χ3v) is 4.46. The van der Waals surface area contributed by atoms with Crippen LogP contribution in [0.5, 0.6) is 0 Å². The van der Waals surface area contributed by atoms with Crippen LogP contribution in [0, 0.1) is 0 Å². The van der Waals surface area contributed by atoms with Gasteiger partial charge >= 0.3 is 0 Å². The molecule has 1 amide bonds. The first-order chi connectivity index (χ1) is 12.0. The summed E-state index contributed by atoms with van der Waals surface area (Å²) in [7, 11) is 0. The highest BCUT2D eigenvalue weighted by atomic mass is 16.6. The fraction of sp³-hybridized carbons (Fsp3) is 0.471. The number of amides is 1. The number of nitrogens with zero attached hydrogens (tertiary/aromatic N) is 1. The molecule has 1 aliphatic rings. The van der Waals surface area contributed by atoms with E-state index >= 15 is 0 Å². The van der Waals surface area contributed by atoms with Crippen molar-refractivity contribution in [2.45, 2.75) is 43.6 Å². The van der Waals surface area contributed by atoms with E-state index in [2.05, 4.69) is 5.32 Å². The minimum Gasteiger partial charge on any atom is -0.394 e. The number of benzene rings is 1. The Bertz CT molecular complexity index is 731. The molecule has 2 heterocycles. The average Bonchev–Trinajstić information content (AvgIpc) is 3.03. The summed E-state index contributed by atoms with van der Waals surface area (Å²) in [6, 6.07) is 9.78. The Morgan fingerprint density at radius 2 is 1.88 bits per heavy atom. The van der Waals surface area contributed by atoms with Crippen molar-refractivity contribution >= 4 is 16.8 Å². The molecule has 1 aliphatic heterocycles. The number of hydrogen-bond acceptors (Lipinski definition) is 6. The van der Waals surface area contributed by atoms with E-state index in [0.717, 1.165) is 10.9 Å². The topological polar surface area (TPSA) is 124 Å². The summed E-state index contributed by atoms with van der Waals surface area (Å²) in [6.45, 7) is -0.0938. The second kappa shape index (κ2) is 7.51. The summed E-state index contributed by atoms with van der Waals surface area (Å²) < 4.78 is 7.21. The number of aromatic nitrogens is 1. The number of nitrogens with one attached hydrogen (secondary N) is 1. The number of carbonyl (C=O) groups is 1. The second-order valence-electron chi connectivity index (χ2n) is 6.13. The molecule has 8 heteroatoms. The summed E-state index contributed by atoms with van der Waals surface area (Å²) in [5.74, 6) is -0.373. The van der Waals surface area contributed by atoms with Gasteiger partial charge in [0.05, 0.1) is 6.61 Å². The molecule has 1 saturated heterocycles. The van der Waals surface area contributed by atoms with Crippen molar-refractivity contribution in [3.63, 3.8) is 0 Å². The normalized spacial score (nSPS) is 29.7. The molecule has 5 atom stereocenters. The van der Waals surface area contributed by atoms with E-state index < -0.39 is 37.3 Å². The highest BCUT2D eigenvalue weighted by molar-refractivity contribution is 5.80. The Labute approximate surface area is 144 Å². The number of aliphatic hydroxyl groups is 4. The van der Waals surface area contributed by atoms with Crippen molar-refractivity contribution in [1.29, 1.82) is 0 Å². The number of carbonyl (C=O) groups excluding carboxylic acids is 1. The molecule has 5 N–H and O–H groups in total. The molecular weight excluding hydrogens is 328 g/mol. The monoisotopic (exact) mass is 350 g/mol. The van der Waals surface area contributed by atoms with Gasteiger partial charge in [-0.15, -0.1) is 0 Å². The highest BCUT2D eigenvalue weighted by Crippen LogP contribution is 2.20. The zero-order valence-corrected chi connectivity index (χ0v) is 13.5. The van der Waals surface area contributed by atoms with Crippen LogP contribution in [0.1, 0.15) is 6.42 Å². The Morgan fingerprint density at radius 3 is 2.64 bits per heavy atom. The van der Waals surface area contributed by atoms with Gasteiger partial charge in [0.25, 0.3) is 0 Å². The molecule has 1 fully saturated rings. The van der Waals surface area contributed by atoms with Crippen LogP contribution < -0.4 is 5.32 Å². The molecule has 0 aliphatic carbocycles. The average molecular weight is 350 g/mol. The maximum atomic E-state index is 12.1.